The molecule has 2 heterocycles. The number of fused-ring (bicyclic) bond motifs is 1. The van der Waals surface area contributed by atoms with Crippen molar-refractivity contribution in [1.82, 2.24) is 19.7 Å². The van der Waals surface area contributed by atoms with Gasteiger partial charge >= 0.3 is 12.1 Å². The summed E-state index contributed by atoms with van der Waals surface area (Å²) < 4.78 is 19.3. The van der Waals surface area contributed by atoms with Crippen LogP contribution in [0.5, 0.6) is 11.5 Å². The van der Waals surface area contributed by atoms with Gasteiger partial charge in [0, 0.05) is 36.6 Å². The van der Waals surface area contributed by atoms with Gasteiger partial charge in [-0.1, -0.05) is 49.2 Å². The molecule has 4 aromatic rings. The first-order valence-electron chi connectivity index (χ1n) is 16.7. The Hall–Kier alpha value is -4.58. The number of unbranched alkanes of at least 4 members (excludes halogenated alkanes) is 3. The van der Waals surface area contributed by atoms with E-state index in [0.717, 1.165) is 73.1 Å². The minimum Gasteiger partial charge on any atom is -0.497 e. The van der Waals surface area contributed by atoms with Gasteiger partial charge in [-0.25, -0.2) is 14.8 Å². The quantitative estimate of drug-likeness (QED) is 0.0976. The number of anilines is 1. The molecule has 1 aliphatic carbocycles. The summed E-state index contributed by atoms with van der Waals surface area (Å²) in [5, 5.41) is 15.5. The van der Waals surface area contributed by atoms with E-state index < -0.39 is 12.1 Å². The lowest BCUT2D eigenvalue weighted by atomic mass is 9.85. The molecule has 1 saturated carbocycles. The predicted octanol–water partition coefficient (Wildman–Crippen LogP) is 8.12. The van der Waals surface area contributed by atoms with Crippen molar-refractivity contribution in [1.29, 1.82) is 0 Å². The highest BCUT2D eigenvalue weighted by atomic mass is 79.9. The number of methoxy groups -OCH3 is 2. The number of alkyl carbamates (subject to hydrolysis) is 1. The molecule has 49 heavy (non-hydrogen) atoms. The Morgan fingerprint density at radius 1 is 1.08 bits per heavy atom. The molecule has 3 N–H and O–H groups in total. The Labute approximate surface area is 295 Å². The first-order chi connectivity index (χ1) is 23.9. The van der Waals surface area contributed by atoms with E-state index in [9.17, 15) is 9.59 Å². The summed E-state index contributed by atoms with van der Waals surface area (Å²) in [6.07, 6.45) is 12.5. The highest BCUT2D eigenvalue weighted by molar-refractivity contribution is 9.10. The fourth-order valence-corrected chi connectivity index (χ4v) is 6.78. The molecule has 11 nitrogen and oxygen atoms in total. The summed E-state index contributed by atoms with van der Waals surface area (Å²) in [4.78, 5) is 33.4. The summed E-state index contributed by atoms with van der Waals surface area (Å²) in [5.41, 5.74) is 3.60. The van der Waals surface area contributed by atoms with Gasteiger partial charge in [-0.2, -0.15) is 0 Å². The number of nitrogens with zero attached hydrogens (tertiary/aromatic N) is 3. The molecule has 0 aliphatic heterocycles. The van der Waals surface area contributed by atoms with Crippen LogP contribution < -0.4 is 20.1 Å². The van der Waals surface area contributed by atoms with Crippen LogP contribution in [0.3, 0.4) is 0 Å². The molecule has 2 atom stereocenters. The molecular formula is C37H44BrN5O6. The fourth-order valence-electron chi connectivity index (χ4n) is 6.23. The molecule has 2 aromatic carbocycles. The van der Waals surface area contributed by atoms with Crippen LogP contribution in [0.25, 0.3) is 11.6 Å². The average molecular weight is 735 g/mol. The standard InChI is InChI=1S/C37H44BrN5O6/c1-47-30-19-18-27(31(21-30)48-2)22-39-35-33-34(38)42-36(43(33)29(23-40-35)16-9-4-3-5-10-17-32(44)45)26-14-11-15-28(20-26)41-37(46)49-24-25-12-7-6-8-13-25/h6-9,12-13,16,18-19,21,23,26,28H,3-5,10-11,14-15,17,20,22,24H2,1-2H3,(H,39,40)(H,41,46)(H,44,45)/b16-9+/t26-,28-/m1/s1. The van der Waals surface area contributed by atoms with Crippen LogP contribution in [0, 0.1) is 0 Å². The van der Waals surface area contributed by atoms with Gasteiger partial charge in [-0.3, -0.25) is 9.20 Å². The molecule has 0 radical (unpaired) electrons. The van der Waals surface area contributed by atoms with E-state index >= 15 is 0 Å². The third-order valence-electron chi connectivity index (χ3n) is 8.73. The van der Waals surface area contributed by atoms with E-state index in [-0.39, 0.29) is 25.0 Å². The minimum atomic E-state index is -0.759. The maximum atomic E-state index is 12.7. The van der Waals surface area contributed by atoms with Crippen LogP contribution in [-0.2, 0) is 22.7 Å². The van der Waals surface area contributed by atoms with Crippen molar-refractivity contribution in [2.24, 2.45) is 0 Å². The SMILES string of the molecule is COc1ccc(CNc2ncc(/C=C/CCCCCC(=O)O)n3c([C@@H]4CCC[C@@H](NC(=O)OCc5ccccc5)C4)nc(Br)c23)c(OC)c1. The smallest absolute Gasteiger partial charge is 0.407 e. The van der Waals surface area contributed by atoms with Gasteiger partial charge in [0.05, 0.1) is 26.1 Å². The van der Waals surface area contributed by atoms with Crippen LogP contribution in [-0.4, -0.2) is 51.8 Å². The lowest BCUT2D eigenvalue weighted by Gasteiger charge is -2.29. The van der Waals surface area contributed by atoms with E-state index in [1.807, 2.05) is 54.7 Å². The van der Waals surface area contributed by atoms with E-state index in [1.165, 1.54) is 0 Å². The first-order valence-corrected chi connectivity index (χ1v) is 17.5. The third-order valence-corrected chi connectivity index (χ3v) is 9.29. The highest BCUT2D eigenvalue weighted by Gasteiger charge is 2.30. The van der Waals surface area contributed by atoms with Gasteiger partial charge in [0.25, 0.3) is 0 Å². The number of amides is 1. The summed E-state index contributed by atoms with van der Waals surface area (Å²) in [5.74, 6) is 2.33. The number of halogens is 1. The molecule has 0 bridgehead atoms. The molecular weight excluding hydrogens is 690 g/mol. The molecule has 1 amide bonds. The molecule has 0 saturated heterocycles. The Morgan fingerprint density at radius 3 is 2.69 bits per heavy atom. The van der Waals surface area contributed by atoms with Gasteiger partial charge in [0.15, 0.2) is 5.82 Å². The molecule has 1 aliphatic rings. The Morgan fingerprint density at radius 2 is 1.92 bits per heavy atom. The van der Waals surface area contributed by atoms with Crippen molar-refractivity contribution < 1.29 is 28.9 Å². The summed E-state index contributed by atoms with van der Waals surface area (Å²) in [6.45, 7) is 0.690. The van der Waals surface area contributed by atoms with E-state index in [2.05, 4.69) is 43.1 Å². The van der Waals surface area contributed by atoms with E-state index in [0.29, 0.717) is 34.9 Å². The molecule has 1 fully saturated rings. The van der Waals surface area contributed by atoms with Crippen molar-refractivity contribution in [3.63, 3.8) is 0 Å². The fraction of sp³-hybridized carbons (Fsp3) is 0.405. The number of rotatable bonds is 16. The van der Waals surface area contributed by atoms with Crippen molar-refractivity contribution in [2.75, 3.05) is 19.5 Å². The van der Waals surface area contributed by atoms with Crippen molar-refractivity contribution in [3.05, 3.63) is 88.1 Å². The van der Waals surface area contributed by atoms with Gasteiger partial charge in [0.2, 0.25) is 0 Å². The van der Waals surface area contributed by atoms with Crippen LogP contribution in [0.1, 0.15) is 86.4 Å². The van der Waals surface area contributed by atoms with Crippen LogP contribution in [0.4, 0.5) is 10.6 Å². The maximum absolute atomic E-state index is 12.7. The lowest BCUT2D eigenvalue weighted by Crippen LogP contribution is -2.38. The second-order valence-corrected chi connectivity index (χ2v) is 12.9. The number of ether oxygens (including phenoxy) is 3. The number of hydrogen-bond donors (Lipinski definition) is 3. The third kappa shape index (κ3) is 9.75. The molecule has 2 aromatic heterocycles. The topological polar surface area (TPSA) is 136 Å². The van der Waals surface area contributed by atoms with Crippen LogP contribution >= 0.6 is 15.9 Å². The van der Waals surface area contributed by atoms with Crippen LogP contribution in [0.15, 0.2) is 65.4 Å². The van der Waals surface area contributed by atoms with Gasteiger partial charge in [0.1, 0.15) is 34.1 Å². The number of aliphatic carboxylic acids is 1. The summed E-state index contributed by atoms with van der Waals surface area (Å²) in [6, 6.07) is 15.3. The summed E-state index contributed by atoms with van der Waals surface area (Å²) in [7, 11) is 3.26. The number of hydrogen-bond acceptors (Lipinski definition) is 8. The second kappa shape index (κ2) is 17.7. The highest BCUT2D eigenvalue weighted by Crippen LogP contribution is 2.37. The number of carbonyl (C=O) groups is 2. The lowest BCUT2D eigenvalue weighted by molar-refractivity contribution is -0.137. The normalized spacial score (nSPS) is 16.1. The maximum Gasteiger partial charge on any atom is 0.407 e. The Bertz CT molecular complexity index is 1740. The zero-order valence-electron chi connectivity index (χ0n) is 28.0. The largest absolute Gasteiger partial charge is 0.497 e. The zero-order valence-corrected chi connectivity index (χ0v) is 29.6. The Kier molecular flexibility index (Phi) is 12.9. The Balaban J connectivity index is 1.36. The molecule has 260 valence electrons. The number of allylic oxidation sites excluding steroid dienone is 1. The zero-order chi connectivity index (χ0) is 34.6. The number of nitrogens with one attached hydrogen (secondary N) is 2. The number of carboxylic acids is 1. The molecule has 12 heteroatoms. The first kappa shape index (κ1) is 35.7. The second-order valence-electron chi connectivity index (χ2n) is 12.2. The summed E-state index contributed by atoms with van der Waals surface area (Å²) >= 11 is 3.75. The van der Waals surface area contributed by atoms with E-state index in [1.54, 1.807) is 14.2 Å². The van der Waals surface area contributed by atoms with Gasteiger partial charge in [-0.15, -0.1) is 0 Å². The van der Waals surface area contributed by atoms with E-state index in [4.69, 9.17) is 29.3 Å². The minimum absolute atomic E-state index is 0.0417. The van der Waals surface area contributed by atoms with Crippen molar-refractivity contribution >= 4 is 45.4 Å². The number of imidazole rings is 1. The molecule has 0 spiro atoms. The predicted molar refractivity (Wildman–Crippen MR) is 192 cm³/mol. The van der Waals surface area contributed by atoms with Crippen LogP contribution in [0.2, 0.25) is 0 Å². The monoisotopic (exact) mass is 733 g/mol. The van der Waals surface area contributed by atoms with Gasteiger partial charge in [-0.05, 0) is 78.2 Å². The number of carbonyl (C=O) groups excluding carboxylic acids is 1. The number of benzene rings is 2. The van der Waals surface area contributed by atoms with Crippen molar-refractivity contribution in [3.8, 4) is 11.5 Å². The number of carboxylic acid groups (broad SMARTS) is 1. The molecule has 5 rings (SSSR count). The van der Waals surface area contributed by atoms with Crippen molar-refractivity contribution in [2.45, 2.75) is 82.9 Å². The van der Waals surface area contributed by atoms with Gasteiger partial charge < -0.3 is 30.0 Å². The average Bonchev–Trinajstić information content (AvgIpc) is 3.47. The number of aromatic nitrogens is 3. The molecule has 0 unspecified atom stereocenters.